The SMILES string of the molecule is C=CC(CCCCCCCC)C(Cl)(Cl)c1ccccc1. The molecule has 0 heterocycles. The minimum Gasteiger partial charge on any atom is -0.103 e. The van der Waals surface area contributed by atoms with Crippen molar-refractivity contribution in [3.8, 4) is 0 Å². The summed E-state index contributed by atoms with van der Waals surface area (Å²) in [7, 11) is 0. The molecule has 0 aliphatic heterocycles. The molecule has 0 N–H and O–H groups in total. The standard InChI is InChI=1S/C18H26Cl2/c1-3-5-6-7-8-10-13-16(4-2)18(19,20)17-14-11-9-12-15-17/h4,9,11-12,14-16H,2-3,5-8,10,13H2,1H3. The predicted octanol–water partition coefficient (Wildman–Crippen LogP) is 6.87. The van der Waals surface area contributed by atoms with Gasteiger partial charge in [0, 0.05) is 5.92 Å². The molecule has 0 radical (unpaired) electrons. The third-order valence-corrected chi connectivity index (χ3v) is 4.77. The van der Waals surface area contributed by atoms with Crippen molar-refractivity contribution in [2.24, 2.45) is 5.92 Å². The van der Waals surface area contributed by atoms with E-state index in [4.69, 9.17) is 23.2 Å². The molecule has 0 aliphatic rings. The summed E-state index contributed by atoms with van der Waals surface area (Å²) in [4.78, 5) is 0. The van der Waals surface area contributed by atoms with Gasteiger partial charge in [0.05, 0.1) is 0 Å². The van der Waals surface area contributed by atoms with Gasteiger partial charge in [-0.1, -0.05) is 105 Å². The second kappa shape index (κ2) is 9.47. The van der Waals surface area contributed by atoms with Crippen molar-refractivity contribution in [2.75, 3.05) is 0 Å². The van der Waals surface area contributed by atoms with Gasteiger partial charge in [0.15, 0.2) is 0 Å². The molecule has 0 aromatic heterocycles. The highest BCUT2D eigenvalue weighted by atomic mass is 35.5. The van der Waals surface area contributed by atoms with Crippen molar-refractivity contribution in [1.82, 2.24) is 0 Å². The molecule has 20 heavy (non-hydrogen) atoms. The first-order valence-electron chi connectivity index (χ1n) is 7.68. The fraction of sp³-hybridized carbons (Fsp3) is 0.556. The van der Waals surface area contributed by atoms with Crippen molar-refractivity contribution in [2.45, 2.75) is 56.2 Å². The Balaban J connectivity index is 2.47. The van der Waals surface area contributed by atoms with E-state index < -0.39 is 4.33 Å². The molecule has 0 fully saturated rings. The maximum absolute atomic E-state index is 6.58. The number of hydrogen-bond donors (Lipinski definition) is 0. The van der Waals surface area contributed by atoms with Crippen LogP contribution in [-0.4, -0.2) is 0 Å². The Kier molecular flexibility index (Phi) is 8.33. The van der Waals surface area contributed by atoms with Gasteiger partial charge < -0.3 is 0 Å². The van der Waals surface area contributed by atoms with E-state index in [0.717, 1.165) is 18.4 Å². The summed E-state index contributed by atoms with van der Waals surface area (Å²) < 4.78 is -0.869. The first kappa shape index (κ1) is 17.6. The van der Waals surface area contributed by atoms with Crippen LogP contribution in [0.3, 0.4) is 0 Å². The normalized spacial score (nSPS) is 13.2. The summed E-state index contributed by atoms with van der Waals surface area (Å²) in [6, 6.07) is 9.89. The number of halogens is 2. The molecule has 0 aliphatic carbocycles. The van der Waals surface area contributed by atoms with E-state index in [1.807, 2.05) is 36.4 Å². The molecule has 1 aromatic rings. The van der Waals surface area contributed by atoms with Crippen molar-refractivity contribution >= 4 is 23.2 Å². The molecule has 1 unspecified atom stereocenters. The fourth-order valence-electron chi connectivity index (χ4n) is 2.47. The average molecular weight is 313 g/mol. The average Bonchev–Trinajstić information content (AvgIpc) is 2.47. The van der Waals surface area contributed by atoms with Crippen LogP contribution in [0.25, 0.3) is 0 Å². The van der Waals surface area contributed by atoms with Gasteiger partial charge >= 0.3 is 0 Å². The zero-order valence-electron chi connectivity index (χ0n) is 12.5. The largest absolute Gasteiger partial charge is 0.149 e. The van der Waals surface area contributed by atoms with Crippen molar-refractivity contribution in [3.63, 3.8) is 0 Å². The van der Waals surface area contributed by atoms with Gasteiger partial charge in [-0.15, -0.1) is 6.58 Å². The monoisotopic (exact) mass is 312 g/mol. The third kappa shape index (κ3) is 5.50. The zero-order chi connectivity index (χ0) is 14.8. The van der Waals surface area contributed by atoms with E-state index >= 15 is 0 Å². The molecule has 2 heteroatoms. The highest BCUT2D eigenvalue weighted by Crippen LogP contribution is 2.44. The molecule has 0 saturated carbocycles. The van der Waals surface area contributed by atoms with Gasteiger partial charge in [0.2, 0.25) is 0 Å². The van der Waals surface area contributed by atoms with Crippen LogP contribution in [0.1, 0.15) is 57.4 Å². The van der Waals surface area contributed by atoms with E-state index in [-0.39, 0.29) is 5.92 Å². The Labute approximate surface area is 134 Å². The quantitative estimate of drug-likeness (QED) is 0.251. The minimum absolute atomic E-state index is 0.0967. The van der Waals surface area contributed by atoms with Crippen molar-refractivity contribution in [1.29, 1.82) is 0 Å². The number of unbranched alkanes of at least 4 members (excludes halogenated alkanes) is 5. The molecule has 1 atom stereocenters. The molecule has 0 amide bonds. The van der Waals surface area contributed by atoms with Crippen LogP contribution < -0.4 is 0 Å². The topological polar surface area (TPSA) is 0 Å². The van der Waals surface area contributed by atoms with Crippen LogP contribution in [0, 0.1) is 5.92 Å². The van der Waals surface area contributed by atoms with Crippen LogP contribution in [0.15, 0.2) is 43.0 Å². The summed E-state index contributed by atoms with van der Waals surface area (Å²) in [5.74, 6) is 0.0967. The number of alkyl halides is 2. The molecule has 0 bridgehead atoms. The van der Waals surface area contributed by atoms with Crippen LogP contribution in [0.4, 0.5) is 0 Å². The molecule has 1 aromatic carbocycles. The Hall–Kier alpha value is -0.460. The molecule has 112 valence electrons. The zero-order valence-corrected chi connectivity index (χ0v) is 14.0. The fourth-order valence-corrected chi connectivity index (χ4v) is 3.11. The van der Waals surface area contributed by atoms with Gasteiger partial charge in [0.1, 0.15) is 4.33 Å². The highest BCUT2D eigenvalue weighted by Gasteiger charge is 2.34. The number of allylic oxidation sites excluding steroid dienone is 1. The van der Waals surface area contributed by atoms with Crippen molar-refractivity contribution < 1.29 is 0 Å². The third-order valence-electron chi connectivity index (χ3n) is 3.78. The molecule has 0 saturated heterocycles. The van der Waals surface area contributed by atoms with Gasteiger partial charge in [-0.3, -0.25) is 0 Å². The van der Waals surface area contributed by atoms with Gasteiger partial charge in [-0.2, -0.15) is 0 Å². The number of benzene rings is 1. The lowest BCUT2D eigenvalue weighted by atomic mass is 9.92. The lowest BCUT2D eigenvalue weighted by Crippen LogP contribution is -2.21. The summed E-state index contributed by atoms with van der Waals surface area (Å²) in [5, 5.41) is 0. The number of rotatable bonds is 10. The Morgan fingerprint density at radius 3 is 2.25 bits per heavy atom. The van der Waals surface area contributed by atoms with E-state index in [1.54, 1.807) is 0 Å². The lowest BCUT2D eigenvalue weighted by Gasteiger charge is -2.28. The Bertz CT molecular complexity index is 370. The summed E-state index contributed by atoms with van der Waals surface area (Å²) >= 11 is 13.2. The Morgan fingerprint density at radius 2 is 1.65 bits per heavy atom. The second-order valence-corrected chi connectivity index (χ2v) is 6.77. The van der Waals surface area contributed by atoms with Crippen LogP contribution in [0.5, 0.6) is 0 Å². The summed E-state index contributed by atoms with van der Waals surface area (Å²) in [6.45, 7) is 6.15. The number of hydrogen-bond acceptors (Lipinski definition) is 0. The molecular weight excluding hydrogens is 287 g/mol. The molecule has 0 spiro atoms. The van der Waals surface area contributed by atoms with Crippen LogP contribution in [-0.2, 0) is 4.33 Å². The van der Waals surface area contributed by atoms with E-state index in [0.29, 0.717) is 0 Å². The van der Waals surface area contributed by atoms with Gasteiger partial charge in [0.25, 0.3) is 0 Å². The molecular formula is C18H26Cl2. The first-order valence-corrected chi connectivity index (χ1v) is 8.44. The second-order valence-electron chi connectivity index (χ2n) is 5.39. The maximum Gasteiger partial charge on any atom is 0.149 e. The lowest BCUT2D eigenvalue weighted by molar-refractivity contribution is 0.484. The first-order chi connectivity index (χ1) is 9.62. The maximum atomic E-state index is 6.58. The van der Waals surface area contributed by atoms with E-state index in [2.05, 4.69) is 13.5 Å². The van der Waals surface area contributed by atoms with Crippen molar-refractivity contribution in [3.05, 3.63) is 48.6 Å². The van der Waals surface area contributed by atoms with Gasteiger partial charge in [-0.05, 0) is 12.0 Å². The summed E-state index contributed by atoms with van der Waals surface area (Å²) in [5.41, 5.74) is 0.958. The van der Waals surface area contributed by atoms with Crippen LogP contribution >= 0.6 is 23.2 Å². The van der Waals surface area contributed by atoms with Gasteiger partial charge in [-0.25, -0.2) is 0 Å². The highest BCUT2D eigenvalue weighted by molar-refractivity contribution is 6.48. The molecule has 0 nitrogen and oxygen atoms in total. The van der Waals surface area contributed by atoms with E-state index in [9.17, 15) is 0 Å². The Morgan fingerprint density at radius 1 is 1.05 bits per heavy atom. The van der Waals surface area contributed by atoms with E-state index in [1.165, 1.54) is 32.1 Å². The minimum atomic E-state index is -0.869. The molecule has 1 rings (SSSR count). The summed E-state index contributed by atoms with van der Waals surface area (Å²) in [6.07, 6.45) is 10.6. The van der Waals surface area contributed by atoms with Crippen LogP contribution in [0.2, 0.25) is 0 Å². The predicted molar refractivity (Wildman–Crippen MR) is 91.5 cm³/mol. The smallest absolute Gasteiger partial charge is 0.103 e.